The number of benzene rings is 2. The quantitative estimate of drug-likeness (QED) is 0.0976. The van der Waals surface area contributed by atoms with Gasteiger partial charge < -0.3 is 9.80 Å². The van der Waals surface area contributed by atoms with E-state index in [1.807, 2.05) is 0 Å². The van der Waals surface area contributed by atoms with Gasteiger partial charge in [-0.3, -0.25) is 0 Å². The monoisotopic (exact) mass is 674 g/mol. The summed E-state index contributed by atoms with van der Waals surface area (Å²) >= 11 is 3.54. The molecule has 4 aromatic rings. The van der Waals surface area contributed by atoms with Crippen LogP contribution in [0.4, 0.5) is 28.9 Å². The summed E-state index contributed by atoms with van der Waals surface area (Å²) in [6.45, 7) is 2.50. The molecule has 2 aromatic heterocycles. The number of nitrogens with zero attached hydrogens (tertiary/aromatic N) is 14. The lowest BCUT2D eigenvalue weighted by molar-refractivity contribution is 0.569. The van der Waals surface area contributed by atoms with Gasteiger partial charge in [0.1, 0.15) is 11.4 Å². The summed E-state index contributed by atoms with van der Waals surface area (Å²) in [5.74, 6) is 0.867. The molecule has 2 fully saturated rings. The first-order valence-corrected chi connectivity index (χ1v) is 16.2. The van der Waals surface area contributed by atoms with Crippen molar-refractivity contribution in [1.29, 1.82) is 0 Å². The van der Waals surface area contributed by atoms with Crippen molar-refractivity contribution in [2.24, 2.45) is 10.2 Å². The van der Waals surface area contributed by atoms with Crippen molar-refractivity contribution in [2.45, 2.75) is 13.1 Å². The smallest absolute Gasteiger partial charge is 0.151 e. The number of aromatic nitrogens is 6. The Balaban J connectivity index is 0.000000181. The van der Waals surface area contributed by atoms with Crippen molar-refractivity contribution in [3.05, 3.63) is 92.2 Å². The van der Waals surface area contributed by atoms with Gasteiger partial charge in [-0.05, 0) is 11.1 Å². The number of hydrogen-bond acceptors (Lipinski definition) is 10. The minimum Gasteiger partial charge on any atom is -0.365 e. The van der Waals surface area contributed by atoms with E-state index in [1.54, 1.807) is 33.3 Å². The second-order valence-corrected chi connectivity index (χ2v) is 12.2. The average Bonchev–Trinajstić information content (AvgIpc) is 3.74. The van der Waals surface area contributed by atoms with E-state index in [9.17, 15) is 17.6 Å². The van der Waals surface area contributed by atoms with Crippen LogP contribution in [0.5, 0.6) is 0 Å². The summed E-state index contributed by atoms with van der Waals surface area (Å²) in [5.41, 5.74) is 17.9. The van der Waals surface area contributed by atoms with Crippen molar-refractivity contribution in [3.8, 4) is 11.4 Å². The van der Waals surface area contributed by atoms with Gasteiger partial charge in [-0.25, -0.2) is 26.9 Å². The molecule has 2 aliphatic heterocycles. The maximum absolute atomic E-state index is 14.4. The molecule has 0 saturated carbocycles. The van der Waals surface area contributed by atoms with Crippen LogP contribution in [-0.2, 0) is 13.1 Å². The zero-order valence-corrected chi connectivity index (χ0v) is 25.8. The maximum Gasteiger partial charge on any atom is 0.151 e. The summed E-state index contributed by atoms with van der Waals surface area (Å²) in [6, 6.07) is 4.89. The Bertz CT molecular complexity index is 1710. The van der Waals surface area contributed by atoms with Gasteiger partial charge in [0.2, 0.25) is 0 Å². The highest BCUT2D eigenvalue weighted by molar-refractivity contribution is 7.99. The fraction of sp³-hybridized carbons (Fsp3) is 0.385. The number of thioether (sulfide) groups is 2. The molecule has 2 saturated heterocycles. The fourth-order valence-corrected chi connectivity index (χ4v) is 6.63. The van der Waals surface area contributed by atoms with Gasteiger partial charge in [-0.15, -0.1) is 10.2 Å². The summed E-state index contributed by atoms with van der Waals surface area (Å²) in [6.07, 6.45) is 2.86. The third kappa shape index (κ3) is 7.77. The van der Waals surface area contributed by atoms with Crippen LogP contribution in [0.3, 0.4) is 0 Å². The minimum atomic E-state index is -0.642. The van der Waals surface area contributed by atoms with Gasteiger partial charge in [0, 0.05) is 83.3 Å². The molecule has 0 unspecified atom stereocenters. The number of anilines is 2. The van der Waals surface area contributed by atoms with E-state index in [0.717, 1.165) is 23.0 Å². The molecule has 46 heavy (non-hydrogen) atoms. The van der Waals surface area contributed by atoms with E-state index in [2.05, 4.69) is 40.7 Å². The van der Waals surface area contributed by atoms with Gasteiger partial charge in [0.05, 0.1) is 48.2 Å². The first-order valence-electron chi connectivity index (χ1n) is 13.9. The molecule has 0 spiro atoms. The first kappa shape index (κ1) is 32.7. The highest BCUT2D eigenvalue weighted by Gasteiger charge is 2.22. The Morgan fingerprint density at radius 1 is 0.717 bits per heavy atom. The largest absolute Gasteiger partial charge is 0.365 e. The third-order valence-corrected chi connectivity index (χ3v) is 8.80. The molecule has 0 N–H and O–H groups in total. The van der Waals surface area contributed by atoms with Crippen LogP contribution in [0.15, 0.2) is 46.9 Å². The zero-order chi connectivity index (χ0) is 32.5. The molecule has 2 aromatic carbocycles. The molecule has 20 heteroatoms. The SMILES string of the molecule is [N-]=[N+]=NCc1cn(-c2cc(F)c(N3CCSCC3)c(F)c2)nn1.[N-]=[N+]=NCc1cnnn1-c1cc(F)c(N2CCSCC2)c(F)c1. The van der Waals surface area contributed by atoms with Crippen LogP contribution in [0.1, 0.15) is 11.4 Å². The second-order valence-electron chi connectivity index (χ2n) is 9.78. The molecule has 0 aliphatic carbocycles. The molecule has 2 aliphatic rings. The van der Waals surface area contributed by atoms with Crippen molar-refractivity contribution >= 4 is 34.9 Å². The van der Waals surface area contributed by atoms with Crippen LogP contribution in [0.25, 0.3) is 32.3 Å². The normalized spacial score (nSPS) is 14.6. The molecule has 0 bridgehead atoms. The van der Waals surface area contributed by atoms with Gasteiger partial charge >= 0.3 is 0 Å². The van der Waals surface area contributed by atoms with E-state index in [0.29, 0.717) is 37.6 Å². The van der Waals surface area contributed by atoms with Crippen molar-refractivity contribution in [2.75, 3.05) is 59.0 Å². The molecular weight excluding hydrogens is 649 g/mol. The Morgan fingerprint density at radius 3 is 1.74 bits per heavy atom. The zero-order valence-electron chi connectivity index (χ0n) is 24.1. The van der Waals surface area contributed by atoms with Gasteiger partial charge in [-0.2, -0.15) is 23.5 Å². The molecule has 4 heterocycles. The van der Waals surface area contributed by atoms with Gasteiger partial charge in [-0.1, -0.05) is 20.7 Å². The lowest BCUT2D eigenvalue weighted by atomic mass is 10.2. The lowest BCUT2D eigenvalue weighted by Crippen LogP contribution is -2.33. The molecule has 0 radical (unpaired) electrons. The summed E-state index contributed by atoms with van der Waals surface area (Å²) < 4.78 is 60.1. The second kappa shape index (κ2) is 15.6. The predicted octanol–water partition coefficient (Wildman–Crippen LogP) is 5.82. The van der Waals surface area contributed by atoms with Gasteiger partial charge in [0.25, 0.3) is 0 Å². The van der Waals surface area contributed by atoms with E-state index in [-0.39, 0.29) is 35.8 Å². The van der Waals surface area contributed by atoms with Crippen LogP contribution in [0, 0.1) is 23.3 Å². The summed E-state index contributed by atoms with van der Waals surface area (Å²) in [7, 11) is 0. The number of azide groups is 2. The number of halogens is 4. The topological polar surface area (TPSA) is 165 Å². The Hall–Kier alpha value is -4.64. The van der Waals surface area contributed by atoms with Crippen molar-refractivity contribution in [1.82, 2.24) is 30.0 Å². The highest BCUT2D eigenvalue weighted by atomic mass is 32.2. The van der Waals surface area contributed by atoms with Crippen LogP contribution in [-0.4, -0.2) is 79.2 Å². The molecular formula is C26H26F4N14S2. The minimum absolute atomic E-state index is 0.00215. The van der Waals surface area contributed by atoms with Crippen molar-refractivity contribution < 1.29 is 17.6 Å². The van der Waals surface area contributed by atoms with E-state index in [1.165, 1.54) is 46.0 Å². The predicted molar refractivity (Wildman–Crippen MR) is 167 cm³/mol. The van der Waals surface area contributed by atoms with Crippen LogP contribution in [0.2, 0.25) is 0 Å². The Kier molecular flexibility index (Phi) is 11.1. The van der Waals surface area contributed by atoms with E-state index in [4.69, 9.17) is 11.1 Å². The number of hydrogen-bond donors (Lipinski definition) is 0. The molecule has 0 atom stereocenters. The Labute approximate surface area is 268 Å². The van der Waals surface area contributed by atoms with Gasteiger partial charge in [0.15, 0.2) is 23.3 Å². The van der Waals surface area contributed by atoms with Crippen LogP contribution < -0.4 is 9.80 Å². The molecule has 6 rings (SSSR count). The summed E-state index contributed by atoms with van der Waals surface area (Å²) in [5, 5.41) is 21.9. The molecule has 0 amide bonds. The molecule has 14 nitrogen and oxygen atoms in total. The van der Waals surface area contributed by atoms with Crippen LogP contribution >= 0.6 is 23.5 Å². The highest BCUT2D eigenvalue weighted by Crippen LogP contribution is 2.30. The van der Waals surface area contributed by atoms with Crippen molar-refractivity contribution in [3.63, 3.8) is 0 Å². The maximum atomic E-state index is 14.4. The molecule has 240 valence electrons. The van der Waals surface area contributed by atoms with E-state index >= 15 is 0 Å². The van der Waals surface area contributed by atoms with E-state index < -0.39 is 23.3 Å². The number of rotatable bonds is 8. The first-order chi connectivity index (χ1) is 22.4. The summed E-state index contributed by atoms with van der Waals surface area (Å²) in [4.78, 5) is 8.72. The third-order valence-electron chi connectivity index (χ3n) is 6.92. The fourth-order valence-electron chi connectivity index (χ4n) is 4.82. The Morgan fingerprint density at radius 2 is 1.22 bits per heavy atom. The average molecular weight is 675 g/mol. The standard InChI is InChI=1S/2C13H13F2N7S/c14-11-5-10(22-8-9(18-20-22)7-17-19-16)6-12(15)13(11)21-1-3-23-4-2-21;14-11-5-9(22-10(7-17-19-16)8-18-20-22)6-12(15)13(11)21-1-3-23-4-2-21/h2*5-6,8H,1-4,7H2. The lowest BCUT2D eigenvalue weighted by Gasteiger charge is -2.29.